The van der Waals surface area contributed by atoms with Gasteiger partial charge in [0.15, 0.2) is 0 Å². The Labute approximate surface area is 131 Å². The zero-order valence-electron chi connectivity index (χ0n) is 14.4. The van der Waals surface area contributed by atoms with Crippen LogP contribution in [-0.2, 0) is 0 Å². The Kier molecular flexibility index (Phi) is 6.51. The van der Waals surface area contributed by atoms with Crippen molar-refractivity contribution in [2.75, 3.05) is 26.2 Å². The van der Waals surface area contributed by atoms with Crippen LogP contribution in [0.3, 0.4) is 0 Å². The summed E-state index contributed by atoms with van der Waals surface area (Å²) in [6, 6.07) is 0.578. The van der Waals surface area contributed by atoms with Gasteiger partial charge >= 0.3 is 0 Å². The molecule has 2 N–H and O–H groups in total. The summed E-state index contributed by atoms with van der Waals surface area (Å²) < 4.78 is 0. The third kappa shape index (κ3) is 5.22. The van der Waals surface area contributed by atoms with Crippen LogP contribution in [0.1, 0.15) is 65.7 Å². The Morgan fingerprint density at radius 2 is 1.81 bits per heavy atom. The molecule has 1 aliphatic carbocycles. The first-order valence-corrected chi connectivity index (χ1v) is 9.15. The van der Waals surface area contributed by atoms with Gasteiger partial charge in [0.1, 0.15) is 0 Å². The van der Waals surface area contributed by atoms with Gasteiger partial charge in [0.05, 0.1) is 6.10 Å². The van der Waals surface area contributed by atoms with Crippen LogP contribution in [0.4, 0.5) is 0 Å². The van der Waals surface area contributed by atoms with Crippen molar-refractivity contribution < 1.29 is 5.11 Å². The SMILES string of the molecule is CC(C)NCC1(CN2CCC(C(C)O)C2)CCCCCC1. The van der Waals surface area contributed by atoms with E-state index in [1.165, 1.54) is 64.6 Å². The van der Waals surface area contributed by atoms with E-state index in [4.69, 9.17) is 0 Å². The van der Waals surface area contributed by atoms with E-state index >= 15 is 0 Å². The first-order chi connectivity index (χ1) is 10.0. The normalized spacial score (nSPS) is 28.7. The fourth-order valence-corrected chi connectivity index (χ4v) is 4.16. The van der Waals surface area contributed by atoms with E-state index in [0.29, 0.717) is 17.4 Å². The van der Waals surface area contributed by atoms with Gasteiger partial charge in [0, 0.05) is 25.7 Å². The van der Waals surface area contributed by atoms with Crippen molar-refractivity contribution in [3.8, 4) is 0 Å². The summed E-state index contributed by atoms with van der Waals surface area (Å²) in [7, 11) is 0. The molecule has 0 aromatic heterocycles. The number of aliphatic hydroxyl groups is 1. The fraction of sp³-hybridized carbons (Fsp3) is 1.00. The first-order valence-electron chi connectivity index (χ1n) is 9.15. The van der Waals surface area contributed by atoms with Crippen molar-refractivity contribution >= 4 is 0 Å². The van der Waals surface area contributed by atoms with Gasteiger partial charge in [-0.3, -0.25) is 0 Å². The second-order valence-corrected chi connectivity index (χ2v) is 7.97. The van der Waals surface area contributed by atoms with Crippen LogP contribution in [0.15, 0.2) is 0 Å². The largest absolute Gasteiger partial charge is 0.393 e. The molecule has 1 saturated carbocycles. The Hall–Kier alpha value is -0.120. The number of nitrogens with zero attached hydrogens (tertiary/aromatic N) is 1. The summed E-state index contributed by atoms with van der Waals surface area (Å²) >= 11 is 0. The highest BCUT2D eigenvalue weighted by molar-refractivity contribution is 4.90. The van der Waals surface area contributed by atoms with E-state index in [1.54, 1.807) is 0 Å². The smallest absolute Gasteiger partial charge is 0.0552 e. The Balaban J connectivity index is 1.95. The second kappa shape index (κ2) is 7.94. The van der Waals surface area contributed by atoms with Crippen LogP contribution in [0.5, 0.6) is 0 Å². The zero-order valence-corrected chi connectivity index (χ0v) is 14.4. The van der Waals surface area contributed by atoms with E-state index < -0.39 is 0 Å². The van der Waals surface area contributed by atoms with Crippen LogP contribution in [0, 0.1) is 11.3 Å². The quantitative estimate of drug-likeness (QED) is 0.740. The summed E-state index contributed by atoms with van der Waals surface area (Å²) in [5.74, 6) is 0.492. The molecule has 0 amide bonds. The lowest BCUT2D eigenvalue weighted by Crippen LogP contribution is -2.45. The zero-order chi connectivity index (χ0) is 15.3. The molecule has 1 heterocycles. The number of hydrogen-bond acceptors (Lipinski definition) is 3. The average molecular weight is 296 g/mol. The molecule has 124 valence electrons. The van der Waals surface area contributed by atoms with Crippen LogP contribution in [0.2, 0.25) is 0 Å². The van der Waals surface area contributed by atoms with Crippen molar-refractivity contribution in [1.82, 2.24) is 10.2 Å². The molecule has 0 spiro atoms. The molecule has 3 nitrogen and oxygen atoms in total. The van der Waals surface area contributed by atoms with Gasteiger partial charge in [0.2, 0.25) is 0 Å². The molecular weight excluding hydrogens is 260 g/mol. The monoisotopic (exact) mass is 296 g/mol. The molecule has 2 rings (SSSR count). The second-order valence-electron chi connectivity index (χ2n) is 7.97. The molecular formula is C18H36N2O. The Morgan fingerprint density at radius 1 is 1.14 bits per heavy atom. The van der Waals surface area contributed by atoms with Crippen LogP contribution >= 0.6 is 0 Å². The molecule has 0 radical (unpaired) electrons. The van der Waals surface area contributed by atoms with Crippen molar-refractivity contribution in [3.63, 3.8) is 0 Å². The van der Waals surface area contributed by atoms with Crippen LogP contribution < -0.4 is 5.32 Å². The molecule has 0 aromatic rings. The van der Waals surface area contributed by atoms with E-state index in [-0.39, 0.29) is 6.10 Å². The molecule has 21 heavy (non-hydrogen) atoms. The van der Waals surface area contributed by atoms with Crippen molar-refractivity contribution in [2.45, 2.75) is 77.9 Å². The molecule has 1 saturated heterocycles. The summed E-state index contributed by atoms with van der Waals surface area (Å²) in [4.78, 5) is 2.63. The average Bonchev–Trinajstić information content (AvgIpc) is 2.76. The Bertz CT molecular complexity index is 296. The highest BCUT2D eigenvalue weighted by Gasteiger charge is 2.36. The van der Waals surface area contributed by atoms with Gasteiger partial charge in [-0.2, -0.15) is 0 Å². The highest BCUT2D eigenvalue weighted by Crippen LogP contribution is 2.37. The number of nitrogens with one attached hydrogen (secondary N) is 1. The number of aliphatic hydroxyl groups excluding tert-OH is 1. The maximum absolute atomic E-state index is 9.82. The predicted molar refractivity (Wildman–Crippen MR) is 89.5 cm³/mol. The van der Waals surface area contributed by atoms with E-state index in [0.717, 1.165) is 6.54 Å². The fourth-order valence-electron chi connectivity index (χ4n) is 4.16. The third-order valence-electron chi connectivity index (χ3n) is 5.60. The molecule has 2 aliphatic rings. The predicted octanol–water partition coefficient (Wildman–Crippen LogP) is 3.03. The van der Waals surface area contributed by atoms with Gasteiger partial charge in [-0.1, -0.05) is 39.5 Å². The molecule has 3 heteroatoms. The molecule has 2 unspecified atom stereocenters. The minimum atomic E-state index is -0.145. The summed E-state index contributed by atoms with van der Waals surface area (Å²) in [6.45, 7) is 11.1. The van der Waals surface area contributed by atoms with Crippen molar-refractivity contribution in [1.29, 1.82) is 0 Å². The molecule has 1 aliphatic heterocycles. The van der Waals surface area contributed by atoms with Crippen molar-refractivity contribution in [2.24, 2.45) is 11.3 Å². The van der Waals surface area contributed by atoms with Gasteiger partial charge in [-0.25, -0.2) is 0 Å². The van der Waals surface area contributed by atoms with E-state index in [9.17, 15) is 5.11 Å². The summed E-state index contributed by atoms with van der Waals surface area (Å²) in [5.41, 5.74) is 0.467. The maximum Gasteiger partial charge on any atom is 0.0552 e. The maximum atomic E-state index is 9.82. The first kappa shape index (κ1) is 17.2. The minimum Gasteiger partial charge on any atom is -0.393 e. The molecule has 2 fully saturated rings. The number of hydrogen-bond donors (Lipinski definition) is 2. The van der Waals surface area contributed by atoms with Gasteiger partial charge in [0.25, 0.3) is 0 Å². The topological polar surface area (TPSA) is 35.5 Å². The van der Waals surface area contributed by atoms with Crippen LogP contribution in [0.25, 0.3) is 0 Å². The van der Waals surface area contributed by atoms with Gasteiger partial charge in [-0.05, 0) is 44.1 Å². The lowest BCUT2D eigenvalue weighted by Gasteiger charge is -2.38. The van der Waals surface area contributed by atoms with Crippen LogP contribution in [-0.4, -0.2) is 48.3 Å². The molecule has 0 bridgehead atoms. The third-order valence-corrected chi connectivity index (χ3v) is 5.60. The lowest BCUT2D eigenvalue weighted by molar-refractivity contribution is 0.109. The van der Waals surface area contributed by atoms with E-state index in [2.05, 4.69) is 24.1 Å². The van der Waals surface area contributed by atoms with Gasteiger partial charge in [-0.15, -0.1) is 0 Å². The Morgan fingerprint density at radius 3 is 2.33 bits per heavy atom. The summed E-state index contributed by atoms with van der Waals surface area (Å²) in [6.07, 6.45) is 9.41. The molecule has 2 atom stereocenters. The van der Waals surface area contributed by atoms with Crippen molar-refractivity contribution in [3.05, 3.63) is 0 Å². The standard InChI is InChI=1S/C18H36N2O/c1-15(2)19-13-18(9-6-4-5-7-10-18)14-20-11-8-17(12-20)16(3)21/h15-17,19,21H,4-14H2,1-3H3. The lowest BCUT2D eigenvalue weighted by atomic mass is 9.79. The summed E-state index contributed by atoms with van der Waals surface area (Å²) in [5, 5.41) is 13.5. The number of rotatable bonds is 6. The number of likely N-dealkylation sites (tertiary alicyclic amines) is 1. The molecule has 0 aromatic carbocycles. The van der Waals surface area contributed by atoms with Gasteiger partial charge < -0.3 is 15.3 Å². The highest BCUT2D eigenvalue weighted by atomic mass is 16.3. The van der Waals surface area contributed by atoms with E-state index in [1.807, 2.05) is 6.92 Å². The minimum absolute atomic E-state index is 0.145.